The van der Waals surface area contributed by atoms with Gasteiger partial charge in [-0.3, -0.25) is 9.59 Å². The van der Waals surface area contributed by atoms with Crippen molar-refractivity contribution in [1.29, 1.82) is 0 Å². The second-order valence-corrected chi connectivity index (χ2v) is 17.3. The zero-order valence-corrected chi connectivity index (χ0v) is 36.4. The minimum absolute atomic E-state index is 0.124. The number of Topliss-reactive ketones (excluding diaryl/α,β-unsaturated/α-hetero) is 2. The Bertz CT molecular complexity index is 1400. The van der Waals surface area contributed by atoms with Crippen molar-refractivity contribution in [3.05, 3.63) is 48.6 Å². The van der Waals surface area contributed by atoms with E-state index < -0.39 is 96.0 Å². The van der Waals surface area contributed by atoms with E-state index in [0.717, 1.165) is 0 Å². The van der Waals surface area contributed by atoms with E-state index in [2.05, 4.69) is 0 Å². The van der Waals surface area contributed by atoms with Gasteiger partial charge in [-0.15, -0.1) is 0 Å². The molecule has 14 nitrogen and oxygen atoms in total. The number of hydrogen-bond acceptors (Lipinski definition) is 14. The van der Waals surface area contributed by atoms with E-state index in [-0.39, 0.29) is 24.4 Å². The summed E-state index contributed by atoms with van der Waals surface area (Å²) in [6, 6.07) is 0. The first-order chi connectivity index (χ1) is 28.3. The van der Waals surface area contributed by atoms with Crippen molar-refractivity contribution >= 4 is 23.5 Å². The summed E-state index contributed by atoms with van der Waals surface area (Å²) in [7, 11) is 0. The van der Waals surface area contributed by atoms with E-state index in [9.17, 15) is 49.8 Å². The fraction of sp³-hybridized carbons (Fsp3) is 0.739. The van der Waals surface area contributed by atoms with Gasteiger partial charge in [0, 0.05) is 36.5 Å². The van der Waals surface area contributed by atoms with Crippen LogP contribution >= 0.6 is 0 Å². The van der Waals surface area contributed by atoms with Gasteiger partial charge in [-0.25, -0.2) is 9.59 Å². The number of aliphatic hydroxyl groups excluding tert-OH is 4. The van der Waals surface area contributed by atoms with Gasteiger partial charge in [0.1, 0.15) is 11.6 Å². The van der Waals surface area contributed by atoms with Crippen LogP contribution in [0.2, 0.25) is 0 Å². The highest BCUT2D eigenvalue weighted by molar-refractivity contribution is 5.82. The summed E-state index contributed by atoms with van der Waals surface area (Å²) in [5.74, 6) is -9.77. The highest BCUT2D eigenvalue weighted by atomic mass is 16.7. The molecule has 0 radical (unpaired) electrons. The number of ether oxygens (including phenoxy) is 4. The van der Waals surface area contributed by atoms with E-state index in [1.54, 1.807) is 53.7 Å². The van der Waals surface area contributed by atoms with Gasteiger partial charge in [0.2, 0.25) is 23.8 Å². The van der Waals surface area contributed by atoms with Crippen molar-refractivity contribution in [1.82, 2.24) is 0 Å². The van der Waals surface area contributed by atoms with E-state index in [1.165, 1.54) is 0 Å². The van der Waals surface area contributed by atoms with E-state index in [4.69, 9.17) is 18.9 Å². The summed E-state index contributed by atoms with van der Waals surface area (Å²) in [5.41, 5.74) is 0. The molecule has 60 heavy (non-hydrogen) atoms. The maximum absolute atomic E-state index is 13.1. The molecule has 4 bridgehead atoms. The third-order valence-corrected chi connectivity index (χ3v) is 12.3. The average molecular weight is 849 g/mol. The summed E-state index contributed by atoms with van der Waals surface area (Å²) in [4.78, 5) is 52.2. The maximum atomic E-state index is 13.1. The molecule has 14 atom stereocenters. The molecule has 0 saturated carbocycles. The van der Waals surface area contributed by atoms with Crippen LogP contribution in [-0.4, -0.2) is 115 Å². The standard InChI is InChI=1S/C46H72O14/c1-29-23-25-39-33(5)37(49)27-35(47)21-17-13-10-8-12-16-20-32(4)58-44(54)42(52)46(56)30(2)24-26-40(60-46)34(6)38(50)28-36(48)22-18-14-9-7-11-15-19-31(3)57-43(53)41(51)45(29,55)59-39/h7-14,29-36,39-42,47-48,51-52,55-56H,15-28H2,1-6H3/b11-7?,12-8?,13-10-,14-9-/t29-,30-,31+,32+,33-,34-,35+,36+,39+,40+,41?,42?,45-,46-/m1/s1. The Morgan fingerprint density at radius 1 is 0.483 bits per heavy atom. The Morgan fingerprint density at radius 2 is 0.800 bits per heavy atom. The Balaban J connectivity index is 1.67. The second kappa shape index (κ2) is 24.5. The van der Waals surface area contributed by atoms with Crippen molar-refractivity contribution in [2.45, 2.75) is 192 Å². The molecule has 6 N–H and O–H groups in total. The largest absolute Gasteiger partial charge is 0.461 e. The van der Waals surface area contributed by atoms with Gasteiger partial charge in [0.15, 0.2) is 0 Å². The topological polar surface area (TPSA) is 227 Å². The minimum Gasteiger partial charge on any atom is -0.461 e. The normalized spacial score (nSPS) is 41.3. The van der Waals surface area contributed by atoms with E-state index >= 15 is 0 Å². The first kappa shape index (κ1) is 51.3. The fourth-order valence-electron chi connectivity index (χ4n) is 7.82. The number of allylic oxidation sites excluding steroid dienone is 8. The second-order valence-electron chi connectivity index (χ2n) is 17.3. The van der Waals surface area contributed by atoms with Gasteiger partial charge in [0.25, 0.3) is 0 Å². The summed E-state index contributed by atoms with van der Waals surface area (Å²) in [6.07, 6.45) is 11.1. The minimum atomic E-state index is -2.26. The van der Waals surface area contributed by atoms with Crippen LogP contribution < -0.4 is 0 Å². The first-order valence-electron chi connectivity index (χ1n) is 21.9. The number of carbonyl (C=O) groups is 4. The Hall–Kier alpha value is -3.08. The van der Waals surface area contributed by atoms with Crippen molar-refractivity contribution in [3.63, 3.8) is 0 Å². The molecule has 2 unspecified atom stereocenters. The summed E-state index contributed by atoms with van der Waals surface area (Å²) < 4.78 is 22.7. The SMILES string of the molecule is C[C@@H]1C(=O)C[C@@H](O)CC/C=C\C=CCC[C@H](C)OC(=O)C(O)[C@]2(O)O[C@@H](CC[C@H]2C)[C@H](C)C(=O)C[C@@H](O)CC/C=C\C=CCC[C@H](C)OC(=O)C(O)[C@]2(O)O[C@H]1CC[C@H]2C. The Morgan fingerprint density at radius 3 is 1.13 bits per heavy atom. The number of carbonyl (C=O) groups excluding carboxylic acids is 4. The molecule has 2 fully saturated rings. The van der Waals surface area contributed by atoms with Gasteiger partial charge >= 0.3 is 11.9 Å². The number of fused-ring (bicyclic) bond motifs is 4. The first-order valence-corrected chi connectivity index (χ1v) is 21.9. The molecular weight excluding hydrogens is 776 g/mol. The lowest BCUT2D eigenvalue weighted by molar-refractivity contribution is -0.322. The lowest BCUT2D eigenvalue weighted by Crippen LogP contribution is -2.59. The smallest absolute Gasteiger partial charge is 0.340 e. The molecule has 0 aliphatic carbocycles. The highest BCUT2D eigenvalue weighted by Crippen LogP contribution is 2.39. The molecule has 0 aromatic carbocycles. The number of rotatable bonds is 0. The number of hydrogen-bond donors (Lipinski definition) is 6. The zero-order chi connectivity index (χ0) is 44.6. The van der Waals surface area contributed by atoms with Crippen LogP contribution in [0.5, 0.6) is 0 Å². The van der Waals surface area contributed by atoms with Crippen molar-refractivity contribution in [2.75, 3.05) is 0 Å². The molecule has 0 aromatic heterocycles. The Labute approximate surface area is 355 Å². The third kappa shape index (κ3) is 15.1. The molecule has 0 spiro atoms. The highest BCUT2D eigenvalue weighted by Gasteiger charge is 2.53. The summed E-state index contributed by atoms with van der Waals surface area (Å²) in [6.45, 7) is 9.96. The van der Waals surface area contributed by atoms with Gasteiger partial charge in [-0.1, -0.05) is 76.3 Å². The monoisotopic (exact) mass is 848 g/mol. The van der Waals surface area contributed by atoms with Crippen molar-refractivity contribution < 1.29 is 68.8 Å². The summed E-state index contributed by atoms with van der Waals surface area (Å²) in [5, 5.41) is 66.0. The van der Waals surface area contributed by atoms with Crippen molar-refractivity contribution in [2.24, 2.45) is 23.7 Å². The lowest BCUT2D eigenvalue weighted by Gasteiger charge is -2.45. The Kier molecular flexibility index (Phi) is 21.0. The van der Waals surface area contributed by atoms with Gasteiger partial charge in [-0.2, -0.15) is 0 Å². The van der Waals surface area contributed by atoms with Gasteiger partial charge < -0.3 is 49.6 Å². The number of ketones is 2. The molecular formula is C46H72O14. The molecule has 2 saturated heterocycles. The predicted octanol–water partition coefficient (Wildman–Crippen LogP) is 4.85. The fourth-order valence-corrected chi connectivity index (χ4v) is 7.82. The number of aliphatic hydroxyl groups is 6. The van der Waals surface area contributed by atoms with Crippen LogP contribution in [0, 0.1) is 23.7 Å². The van der Waals surface area contributed by atoms with Gasteiger partial charge in [-0.05, 0) is 90.9 Å². The van der Waals surface area contributed by atoms with Crippen LogP contribution in [0.1, 0.15) is 131 Å². The molecule has 0 amide bonds. The van der Waals surface area contributed by atoms with Crippen LogP contribution in [-0.2, 0) is 38.1 Å². The molecule has 0 aromatic rings. The molecule has 3 aliphatic heterocycles. The number of esters is 2. The predicted molar refractivity (Wildman–Crippen MR) is 223 cm³/mol. The molecule has 3 heterocycles. The average Bonchev–Trinajstić information content (AvgIpc) is 3.20. The van der Waals surface area contributed by atoms with Crippen molar-refractivity contribution in [3.8, 4) is 0 Å². The zero-order valence-electron chi connectivity index (χ0n) is 36.4. The lowest BCUT2D eigenvalue weighted by atomic mass is 9.82. The maximum Gasteiger partial charge on any atom is 0.340 e. The van der Waals surface area contributed by atoms with Crippen LogP contribution in [0.15, 0.2) is 48.6 Å². The number of cyclic esters (lactones) is 2. The van der Waals surface area contributed by atoms with Crippen LogP contribution in [0.3, 0.4) is 0 Å². The third-order valence-electron chi connectivity index (χ3n) is 12.3. The van der Waals surface area contributed by atoms with Crippen LogP contribution in [0.25, 0.3) is 0 Å². The molecule has 3 rings (SSSR count). The summed E-state index contributed by atoms with van der Waals surface area (Å²) >= 11 is 0. The molecule has 14 heteroatoms. The van der Waals surface area contributed by atoms with Crippen LogP contribution in [0.4, 0.5) is 0 Å². The van der Waals surface area contributed by atoms with Gasteiger partial charge in [0.05, 0.1) is 36.6 Å². The quantitative estimate of drug-likeness (QED) is 0.179. The van der Waals surface area contributed by atoms with E-state index in [0.29, 0.717) is 77.0 Å². The molecule has 340 valence electrons. The molecule has 3 aliphatic rings. The van der Waals surface area contributed by atoms with E-state index in [1.807, 2.05) is 36.5 Å².